The number of nitrogens with one attached hydrogen (secondary N) is 1. The molecular weight excluding hydrogens is 356 g/mol. The number of aromatic nitrogens is 2. The van der Waals surface area contributed by atoms with Crippen LogP contribution in [0.4, 0.5) is 0 Å². The maximum absolute atomic E-state index is 13.1. The molecule has 1 aliphatic carbocycles. The third-order valence-corrected chi connectivity index (χ3v) is 5.53. The zero-order valence-corrected chi connectivity index (χ0v) is 16.8. The van der Waals surface area contributed by atoms with Crippen LogP contribution in [0.15, 0.2) is 36.7 Å². The number of imidazole rings is 1. The number of hydrogen-bond acceptors (Lipinski definition) is 5. The van der Waals surface area contributed by atoms with E-state index in [9.17, 15) is 9.90 Å². The quantitative estimate of drug-likeness (QED) is 0.712. The van der Waals surface area contributed by atoms with Crippen molar-refractivity contribution in [1.29, 1.82) is 0 Å². The number of aliphatic hydroxyl groups is 1. The molecule has 7 heteroatoms. The first-order chi connectivity index (χ1) is 13.5. The van der Waals surface area contributed by atoms with Gasteiger partial charge in [-0.15, -0.1) is 0 Å². The molecule has 0 radical (unpaired) electrons. The van der Waals surface area contributed by atoms with E-state index in [0.29, 0.717) is 17.9 Å². The maximum atomic E-state index is 13.1. The molecule has 2 N–H and O–H groups in total. The van der Waals surface area contributed by atoms with Crippen LogP contribution in [0.1, 0.15) is 41.5 Å². The number of carbonyl (C=O) groups excluding carboxylic acids is 1. The molecule has 1 saturated carbocycles. The lowest BCUT2D eigenvalue weighted by Crippen LogP contribution is -2.50. The summed E-state index contributed by atoms with van der Waals surface area (Å²) in [5, 5.41) is 14.0. The van der Waals surface area contributed by atoms with E-state index in [1.807, 2.05) is 36.9 Å². The molecule has 1 amide bonds. The fourth-order valence-electron chi connectivity index (χ4n) is 3.94. The molecule has 1 aromatic carbocycles. The molecule has 1 aliphatic rings. The summed E-state index contributed by atoms with van der Waals surface area (Å²) in [6.45, 7) is 3.21. The third kappa shape index (κ3) is 4.36. The highest BCUT2D eigenvalue weighted by molar-refractivity contribution is 5.94. The Bertz CT molecular complexity index is 791. The molecule has 1 fully saturated rings. The van der Waals surface area contributed by atoms with Gasteiger partial charge in [0, 0.05) is 31.5 Å². The lowest BCUT2D eigenvalue weighted by atomic mass is 9.86. The molecule has 0 saturated heterocycles. The number of amides is 1. The van der Waals surface area contributed by atoms with Crippen molar-refractivity contribution in [3.63, 3.8) is 0 Å². The Balaban J connectivity index is 1.72. The topological polar surface area (TPSA) is 79.6 Å². The number of benzene rings is 1. The highest BCUT2D eigenvalue weighted by Crippen LogP contribution is 2.32. The Hall–Kier alpha value is -2.38. The molecule has 3 rings (SSSR count). The van der Waals surface area contributed by atoms with Gasteiger partial charge in [-0.25, -0.2) is 4.98 Å². The summed E-state index contributed by atoms with van der Waals surface area (Å²) < 4.78 is 7.69. The van der Waals surface area contributed by atoms with Crippen molar-refractivity contribution in [3.8, 4) is 5.75 Å². The Morgan fingerprint density at radius 3 is 2.96 bits per heavy atom. The monoisotopic (exact) mass is 386 g/mol. The number of aryl methyl sites for hydroxylation is 1. The summed E-state index contributed by atoms with van der Waals surface area (Å²) in [6.07, 6.45) is 5.64. The average Bonchev–Trinajstić information content (AvgIpc) is 3.13. The van der Waals surface area contributed by atoms with Gasteiger partial charge >= 0.3 is 0 Å². The predicted octanol–water partition coefficient (Wildman–Crippen LogP) is 2.02. The number of aliphatic hydroxyl groups excluding tert-OH is 1. The number of ether oxygens (including phenoxy) is 1. The summed E-state index contributed by atoms with van der Waals surface area (Å²) in [6, 6.07) is 6.93. The standard InChI is InChI=1S/C21H30N4O3/c1-15-23-10-12-25(15)19-9-5-8-18(20(19)26)24(3)21(27)16-6-4-7-17(14-16)28-13-11-22-2/h4,6-7,10,12,14,18-20,22,26H,5,8-9,11,13H2,1-3H3/t18-,19-,20-/m1/s1. The lowest BCUT2D eigenvalue weighted by Gasteiger charge is -2.40. The number of rotatable bonds is 7. The molecule has 7 nitrogen and oxygen atoms in total. The number of carbonyl (C=O) groups is 1. The van der Waals surface area contributed by atoms with Crippen LogP contribution in [-0.2, 0) is 0 Å². The second-order valence-electron chi connectivity index (χ2n) is 7.33. The highest BCUT2D eigenvalue weighted by atomic mass is 16.5. The van der Waals surface area contributed by atoms with Gasteiger partial charge in [0.2, 0.25) is 0 Å². The minimum atomic E-state index is -0.634. The van der Waals surface area contributed by atoms with E-state index in [1.54, 1.807) is 30.3 Å². The molecule has 152 valence electrons. The van der Waals surface area contributed by atoms with Gasteiger partial charge < -0.3 is 24.6 Å². The normalized spacial score (nSPS) is 22.1. The van der Waals surface area contributed by atoms with Crippen molar-refractivity contribution in [3.05, 3.63) is 48.0 Å². The van der Waals surface area contributed by atoms with E-state index < -0.39 is 6.10 Å². The van der Waals surface area contributed by atoms with Crippen LogP contribution in [0.25, 0.3) is 0 Å². The van der Waals surface area contributed by atoms with Gasteiger partial charge in [0.1, 0.15) is 18.2 Å². The summed E-state index contributed by atoms with van der Waals surface area (Å²) in [5.41, 5.74) is 0.567. The number of nitrogens with zero attached hydrogens (tertiary/aromatic N) is 3. The van der Waals surface area contributed by atoms with E-state index in [1.165, 1.54) is 0 Å². The van der Waals surface area contributed by atoms with Gasteiger partial charge in [0.05, 0.1) is 18.2 Å². The van der Waals surface area contributed by atoms with Gasteiger partial charge in [-0.2, -0.15) is 0 Å². The lowest BCUT2D eigenvalue weighted by molar-refractivity contribution is -0.00129. The van der Waals surface area contributed by atoms with E-state index in [2.05, 4.69) is 10.3 Å². The van der Waals surface area contributed by atoms with E-state index >= 15 is 0 Å². The van der Waals surface area contributed by atoms with E-state index in [0.717, 1.165) is 31.6 Å². The number of likely N-dealkylation sites (N-methyl/N-ethyl adjacent to an activating group) is 2. The largest absolute Gasteiger partial charge is 0.492 e. The minimum absolute atomic E-state index is 0.0623. The Morgan fingerprint density at radius 2 is 2.25 bits per heavy atom. The van der Waals surface area contributed by atoms with Crippen molar-refractivity contribution in [1.82, 2.24) is 19.8 Å². The molecule has 0 bridgehead atoms. The fraction of sp³-hybridized carbons (Fsp3) is 0.524. The molecule has 1 aromatic heterocycles. The molecule has 0 spiro atoms. The molecule has 0 aliphatic heterocycles. The van der Waals surface area contributed by atoms with Crippen LogP contribution < -0.4 is 10.1 Å². The van der Waals surface area contributed by atoms with Crippen LogP contribution in [0.3, 0.4) is 0 Å². The van der Waals surface area contributed by atoms with Gasteiger partial charge in [0.15, 0.2) is 0 Å². The minimum Gasteiger partial charge on any atom is -0.492 e. The molecule has 28 heavy (non-hydrogen) atoms. The zero-order chi connectivity index (χ0) is 20.1. The van der Waals surface area contributed by atoms with Crippen molar-refractivity contribution < 1.29 is 14.6 Å². The van der Waals surface area contributed by atoms with Crippen molar-refractivity contribution >= 4 is 5.91 Å². The van der Waals surface area contributed by atoms with Gasteiger partial charge in [-0.05, 0) is 51.4 Å². The SMILES string of the molecule is CNCCOc1cccc(C(=O)N(C)[C@@H]2CCC[C@@H](n3ccnc3C)[C@@H]2O)c1. The van der Waals surface area contributed by atoms with Gasteiger partial charge in [-0.1, -0.05) is 6.07 Å². The number of hydrogen-bond donors (Lipinski definition) is 2. The van der Waals surface area contributed by atoms with E-state index in [-0.39, 0.29) is 18.0 Å². The molecule has 0 unspecified atom stereocenters. The summed E-state index contributed by atoms with van der Waals surface area (Å²) in [4.78, 5) is 19.0. The summed E-state index contributed by atoms with van der Waals surface area (Å²) >= 11 is 0. The van der Waals surface area contributed by atoms with Crippen LogP contribution in [0, 0.1) is 6.92 Å². The van der Waals surface area contributed by atoms with Crippen LogP contribution in [0.5, 0.6) is 5.75 Å². The van der Waals surface area contributed by atoms with Crippen molar-refractivity contribution in [2.75, 3.05) is 27.2 Å². The van der Waals surface area contributed by atoms with Crippen molar-refractivity contribution in [2.24, 2.45) is 0 Å². The van der Waals surface area contributed by atoms with Crippen LogP contribution in [-0.4, -0.2) is 64.9 Å². The Kier molecular flexibility index (Phi) is 6.70. The van der Waals surface area contributed by atoms with Gasteiger partial charge in [0.25, 0.3) is 5.91 Å². The highest BCUT2D eigenvalue weighted by Gasteiger charge is 2.37. The maximum Gasteiger partial charge on any atom is 0.254 e. The Morgan fingerprint density at radius 1 is 1.43 bits per heavy atom. The summed E-state index contributed by atoms with van der Waals surface area (Å²) in [7, 11) is 3.64. The fourth-order valence-corrected chi connectivity index (χ4v) is 3.94. The first kappa shape index (κ1) is 20.4. The molecule has 2 aromatic rings. The smallest absolute Gasteiger partial charge is 0.254 e. The van der Waals surface area contributed by atoms with E-state index in [4.69, 9.17) is 4.74 Å². The second-order valence-corrected chi connectivity index (χ2v) is 7.33. The first-order valence-electron chi connectivity index (χ1n) is 9.85. The Labute approximate surface area is 166 Å². The first-order valence-corrected chi connectivity index (χ1v) is 9.85. The molecule has 1 heterocycles. The molecule has 3 atom stereocenters. The zero-order valence-electron chi connectivity index (χ0n) is 16.8. The van der Waals surface area contributed by atoms with Crippen LogP contribution in [0.2, 0.25) is 0 Å². The van der Waals surface area contributed by atoms with Crippen LogP contribution >= 0.6 is 0 Å². The predicted molar refractivity (Wildman–Crippen MR) is 108 cm³/mol. The molecular formula is C21H30N4O3. The summed E-state index contributed by atoms with van der Waals surface area (Å²) in [5.74, 6) is 1.45. The third-order valence-electron chi connectivity index (χ3n) is 5.53. The second kappa shape index (κ2) is 9.21. The average molecular weight is 386 g/mol. The van der Waals surface area contributed by atoms with Crippen molar-refractivity contribution in [2.45, 2.75) is 44.4 Å². The van der Waals surface area contributed by atoms with Gasteiger partial charge in [-0.3, -0.25) is 4.79 Å².